The van der Waals surface area contributed by atoms with E-state index in [1.165, 1.54) is 7.11 Å². The number of nitrogens with zero attached hydrogens (tertiary/aromatic N) is 1. The van der Waals surface area contributed by atoms with Gasteiger partial charge in [0.05, 0.1) is 12.5 Å². The molecule has 0 unspecified atom stereocenters. The molecular formula is C16H22F3NO4. The van der Waals surface area contributed by atoms with Gasteiger partial charge in [-0.1, -0.05) is 30.3 Å². The number of carbonyl (C=O) groups is 2. The normalized spacial score (nSPS) is 15.2. The lowest BCUT2D eigenvalue weighted by molar-refractivity contribution is -0.154. The van der Waals surface area contributed by atoms with Gasteiger partial charge in [0, 0.05) is 22.2 Å². The van der Waals surface area contributed by atoms with Crippen molar-refractivity contribution in [2.45, 2.75) is 26.4 Å². The maximum atomic E-state index is 12.0. The molecule has 1 aliphatic rings. The van der Waals surface area contributed by atoms with Crippen LogP contribution in [0.4, 0.5) is 18.6 Å². The highest BCUT2D eigenvalue weighted by Crippen LogP contribution is 2.32. The number of hydrogen-bond acceptors (Lipinski definition) is 4. The van der Waals surface area contributed by atoms with Gasteiger partial charge in [0.2, 0.25) is 0 Å². The number of methoxy groups -OCH3 is 1. The number of hydrogen-bond donors (Lipinski definition) is 0. The van der Waals surface area contributed by atoms with E-state index in [9.17, 15) is 9.59 Å². The molecule has 0 spiro atoms. The summed E-state index contributed by atoms with van der Waals surface area (Å²) < 4.78 is 26.1. The van der Waals surface area contributed by atoms with E-state index in [-0.39, 0.29) is 23.4 Å². The predicted molar refractivity (Wildman–Crippen MR) is 82.3 cm³/mol. The van der Waals surface area contributed by atoms with E-state index in [4.69, 9.17) is 18.6 Å². The standard InChI is InChI=1S/C16H21NO4.F2.FH/c1-16(14(18)20-2)8-10-17(11-9-16)15(19)21-12-13-6-4-3-5-7-13;1-2;/h3-7H,8-12H2,1-2H3;;1H. The summed E-state index contributed by atoms with van der Waals surface area (Å²) in [5, 5.41) is 0. The van der Waals surface area contributed by atoms with Crippen LogP contribution in [0.3, 0.4) is 0 Å². The highest BCUT2D eigenvalue weighted by molar-refractivity contribution is 5.77. The lowest BCUT2D eigenvalue weighted by atomic mass is 9.80. The first-order valence-electron chi connectivity index (χ1n) is 7.23. The molecule has 0 aromatic heterocycles. The Labute approximate surface area is 138 Å². The van der Waals surface area contributed by atoms with Crippen molar-refractivity contribution in [2.75, 3.05) is 20.2 Å². The minimum atomic E-state index is -0.495. The summed E-state index contributed by atoms with van der Waals surface area (Å²) >= 11 is 0. The van der Waals surface area contributed by atoms with E-state index in [1.807, 2.05) is 37.3 Å². The van der Waals surface area contributed by atoms with Crippen LogP contribution in [0.5, 0.6) is 0 Å². The predicted octanol–water partition coefficient (Wildman–Crippen LogP) is 3.59. The van der Waals surface area contributed by atoms with Crippen molar-refractivity contribution in [1.29, 1.82) is 0 Å². The number of piperidine rings is 1. The minimum Gasteiger partial charge on any atom is -0.469 e. The van der Waals surface area contributed by atoms with Gasteiger partial charge in [-0.25, -0.2) is 4.79 Å². The molecule has 8 heteroatoms. The molecule has 1 heterocycles. The van der Waals surface area contributed by atoms with Crippen molar-refractivity contribution in [3.8, 4) is 0 Å². The minimum absolute atomic E-state index is 0. The van der Waals surface area contributed by atoms with Crippen LogP contribution in [0.15, 0.2) is 30.3 Å². The molecule has 0 atom stereocenters. The third-order valence-corrected chi connectivity index (χ3v) is 4.01. The van der Waals surface area contributed by atoms with Crippen molar-refractivity contribution >= 4 is 12.1 Å². The smallest absolute Gasteiger partial charge is 0.410 e. The van der Waals surface area contributed by atoms with Crippen LogP contribution in [-0.4, -0.2) is 37.2 Å². The lowest BCUT2D eigenvalue weighted by Gasteiger charge is -2.36. The van der Waals surface area contributed by atoms with E-state index in [2.05, 4.69) is 0 Å². The quantitative estimate of drug-likeness (QED) is 0.783. The Morgan fingerprint density at radius 2 is 1.71 bits per heavy atom. The second-order valence-corrected chi connectivity index (χ2v) is 5.58. The Morgan fingerprint density at radius 1 is 1.17 bits per heavy atom. The number of benzene rings is 1. The average molecular weight is 349 g/mol. The zero-order chi connectivity index (χ0) is 17.3. The van der Waals surface area contributed by atoms with Gasteiger partial charge in [-0.15, -0.1) is 0 Å². The Kier molecular flexibility index (Phi) is 9.53. The molecule has 24 heavy (non-hydrogen) atoms. The molecule has 0 aliphatic carbocycles. The first kappa shape index (κ1) is 21.8. The largest absolute Gasteiger partial charge is 0.469 e. The molecule has 1 aromatic carbocycles. The van der Waals surface area contributed by atoms with E-state index in [0.717, 1.165) is 5.56 Å². The number of carbonyl (C=O) groups excluding carboxylic acids is 2. The van der Waals surface area contributed by atoms with Crippen LogP contribution in [-0.2, 0) is 20.9 Å². The van der Waals surface area contributed by atoms with Crippen molar-refractivity contribution in [3.63, 3.8) is 0 Å². The summed E-state index contributed by atoms with van der Waals surface area (Å²) in [6, 6.07) is 9.57. The Morgan fingerprint density at radius 3 is 2.21 bits per heavy atom. The molecule has 1 fully saturated rings. The molecule has 1 aliphatic heterocycles. The first-order valence-corrected chi connectivity index (χ1v) is 7.23. The Balaban J connectivity index is 0.00000170. The third-order valence-electron chi connectivity index (χ3n) is 4.01. The summed E-state index contributed by atoms with van der Waals surface area (Å²) in [7, 11) is 1.40. The lowest BCUT2D eigenvalue weighted by Crippen LogP contribution is -2.45. The molecule has 136 valence electrons. The summed E-state index contributed by atoms with van der Waals surface area (Å²) in [5.41, 5.74) is 0.465. The van der Waals surface area contributed by atoms with Crippen molar-refractivity contribution in [3.05, 3.63) is 35.9 Å². The zero-order valence-corrected chi connectivity index (χ0v) is 13.7. The molecule has 1 aromatic rings. The molecule has 1 saturated heterocycles. The monoisotopic (exact) mass is 349 g/mol. The van der Waals surface area contributed by atoms with Crippen LogP contribution in [0.2, 0.25) is 0 Å². The fourth-order valence-corrected chi connectivity index (χ4v) is 2.44. The highest BCUT2D eigenvalue weighted by Gasteiger charge is 2.39. The number of ether oxygens (including phenoxy) is 2. The van der Waals surface area contributed by atoms with E-state index < -0.39 is 5.41 Å². The Hall–Kier alpha value is -2.25. The maximum absolute atomic E-state index is 12.0. The maximum Gasteiger partial charge on any atom is 0.410 e. The number of esters is 1. The molecule has 5 nitrogen and oxygen atoms in total. The topological polar surface area (TPSA) is 55.8 Å². The number of amides is 1. The van der Waals surface area contributed by atoms with Gasteiger partial charge in [-0.2, -0.15) is 0 Å². The van der Waals surface area contributed by atoms with E-state index in [1.54, 1.807) is 4.90 Å². The van der Waals surface area contributed by atoms with Crippen molar-refractivity contribution < 1.29 is 32.9 Å². The van der Waals surface area contributed by atoms with Gasteiger partial charge in [-0.3, -0.25) is 9.50 Å². The van der Waals surface area contributed by atoms with Crippen molar-refractivity contribution in [2.24, 2.45) is 5.41 Å². The number of rotatable bonds is 3. The SMILES string of the molecule is COC(=O)C1(C)CCN(C(=O)OCc2ccccc2)CC1.F.FF. The van der Waals surface area contributed by atoms with Gasteiger partial charge < -0.3 is 14.4 Å². The number of likely N-dealkylation sites (tertiary alicyclic amines) is 1. The van der Waals surface area contributed by atoms with Gasteiger partial charge in [0.15, 0.2) is 0 Å². The van der Waals surface area contributed by atoms with Gasteiger partial charge >= 0.3 is 12.1 Å². The highest BCUT2D eigenvalue weighted by atomic mass is 20.0. The second kappa shape index (κ2) is 10.5. The molecule has 1 amide bonds. The van der Waals surface area contributed by atoms with Crippen LogP contribution in [0.1, 0.15) is 25.3 Å². The third kappa shape index (κ3) is 5.75. The van der Waals surface area contributed by atoms with Crippen LogP contribution < -0.4 is 0 Å². The first-order chi connectivity index (χ1) is 11.0. The van der Waals surface area contributed by atoms with Crippen molar-refractivity contribution in [1.82, 2.24) is 4.90 Å². The summed E-state index contributed by atoms with van der Waals surface area (Å²) in [4.78, 5) is 25.4. The van der Waals surface area contributed by atoms with Gasteiger partial charge in [0.25, 0.3) is 0 Å². The fourth-order valence-electron chi connectivity index (χ4n) is 2.44. The molecule has 2 rings (SSSR count). The second-order valence-electron chi connectivity index (χ2n) is 5.58. The summed E-state index contributed by atoms with van der Waals surface area (Å²) in [6.45, 7) is 3.17. The summed E-state index contributed by atoms with van der Waals surface area (Å²) in [6.07, 6.45) is 0.867. The molecule has 0 saturated carbocycles. The average Bonchev–Trinajstić information content (AvgIpc) is 2.62. The van der Waals surface area contributed by atoms with E-state index in [0.29, 0.717) is 25.9 Å². The molecule has 0 N–H and O–H groups in total. The van der Waals surface area contributed by atoms with Gasteiger partial charge in [0.1, 0.15) is 6.61 Å². The molecule has 0 bridgehead atoms. The number of halogens is 3. The zero-order valence-electron chi connectivity index (χ0n) is 13.7. The van der Waals surface area contributed by atoms with Crippen LogP contribution in [0, 0.1) is 5.41 Å². The van der Waals surface area contributed by atoms with Crippen LogP contribution in [0.25, 0.3) is 0 Å². The van der Waals surface area contributed by atoms with Crippen LogP contribution >= 0.6 is 0 Å². The van der Waals surface area contributed by atoms with Gasteiger partial charge in [-0.05, 0) is 25.3 Å². The van der Waals surface area contributed by atoms with E-state index >= 15 is 0 Å². The Bertz CT molecular complexity index is 505. The summed E-state index contributed by atoms with van der Waals surface area (Å²) in [5.74, 6) is -0.209. The molecular weight excluding hydrogens is 327 g/mol. The molecule has 0 radical (unpaired) electrons. The fraction of sp³-hybridized carbons (Fsp3) is 0.500.